The van der Waals surface area contributed by atoms with E-state index in [1.54, 1.807) is 7.11 Å². The largest absolute Gasteiger partial charge is 0.383 e. The standard InChI is InChI=1S/C19H28N2O3/c1-14-4-7-16(8-5-14)12-18(22)21-13-17(9-6-15(21)2)19(23)20-10-11-24-3/h4-5,7-8,15,17H,6,9-13H2,1-3H3,(H,20,23)/t15-,17+/m0/s1. The number of hydrogen-bond donors (Lipinski definition) is 1. The Hall–Kier alpha value is -1.88. The number of ether oxygens (including phenoxy) is 1. The molecule has 24 heavy (non-hydrogen) atoms. The van der Waals surface area contributed by atoms with Gasteiger partial charge in [0, 0.05) is 26.2 Å². The lowest BCUT2D eigenvalue weighted by Gasteiger charge is -2.37. The number of nitrogens with one attached hydrogen (secondary N) is 1. The molecule has 2 atom stereocenters. The summed E-state index contributed by atoms with van der Waals surface area (Å²) in [5.41, 5.74) is 2.20. The summed E-state index contributed by atoms with van der Waals surface area (Å²) in [7, 11) is 1.61. The molecule has 0 unspecified atom stereocenters. The van der Waals surface area contributed by atoms with Crippen LogP contribution in [0.25, 0.3) is 0 Å². The molecular formula is C19H28N2O3. The summed E-state index contributed by atoms with van der Waals surface area (Å²) < 4.78 is 4.95. The number of piperidine rings is 1. The van der Waals surface area contributed by atoms with Crippen molar-refractivity contribution in [2.45, 2.75) is 39.2 Å². The fourth-order valence-electron chi connectivity index (χ4n) is 3.07. The molecule has 0 aliphatic carbocycles. The summed E-state index contributed by atoms with van der Waals surface area (Å²) in [6.45, 7) is 5.62. The summed E-state index contributed by atoms with van der Waals surface area (Å²) >= 11 is 0. The van der Waals surface area contributed by atoms with Crippen LogP contribution in [-0.4, -0.2) is 49.6 Å². The fourth-order valence-corrected chi connectivity index (χ4v) is 3.07. The van der Waals surface area contributed by atoms with Crippen molar-refractivity contribution < 1.29 is 14.3 Å². The Labute approximate surface area is 144 Å². The smallest absolute Gasteiger partial charge is 0.227 e. The first-order valence-corrected chi connectivity index (χ1v) is 8.63. The van der Waals surface area contributed by atoms with E-state index in [-0.39, 0.29) is 23.8 Å². The van der Waals surface area contributed by atoms with E-state index in [1.165, 1.54) is 5.56 Å². The van der Waals surface area contributed by atoms with Gasteiger partial charge in [-0.25, -0.2) is 0 Å². The molecule has 1 N–H and O–H groups in total. The molecule has 5 heteroatoms. The van der Waals surface area contributed by atoms with Gasteiger partial charge in [-0.15, -0.1) is 0 Å². The van der Waals surface area contributed by atoms with E-state index in [2.05, 4.69) is 12.2 Å². The van der Waals surface area contributed by atoms with Crippen LogP contribution in [-0.2, 0) is 20.7 Å². The topological polar surface area (TPSA) is 58.6 Å². The van der Waals surface area contributed by atoms with Crippen LogP contribution in [0.15, 0.2) is 24.3 Å². The van der Waals surface area contributed by atoms with Gasteiger partial charge in [0.15, 0.2) is 0 Å². The second-order valence-electron chi connectivity index (χ2n) is 6.62. The minimum absolute atomic E-state index is 0.0204. The number of rotatable bonds is 6. The summed E-state index contributed by atoms with van der Waals surface area (Å²) in [5.74, 6) is -0.00662. The van der Waals surface area contributed by atoms with Gasteiger partial charge in [-0.2, -0.15) is 0 Å². The number of hydrogen-bond acceptors (Lipinski definition) is 3. The minimum atomic E-state index is -0.125. The van der Waals surface area contributed by atoms with Crippen molar-refractivity contribution in [3.8, 4) is 0 Å². The zero-order valence-corrected chi connectivity index (χ0v) is 14.9. The van der Waals surface area contributed by atoms with Gasteiger partial charge in [0.1, 0.15) is 0 Å². The van der Waals surface area contributed by atoms with Crippen molar-refractivity contribution in [1.82, 2.24) is 10.2 Å². The first-order valence-electron chi connectivity index (χ1n) is 8.63. The number of amides is 2. The van der Waals surface area contributed by atoms with Gasteiger partial charge in [-0.3, -0.25) is 9.59 Å². The number of likely N-dealkylation sites (tertiary alicyclic amines) is 1. The second kappa shape index (κ2) is 8.83. The van der Waals surface area contributed by atoms with E-state index in [9.17, 15) is 9.59 Å². The Bertz CT molecular complexity index is 556. The maximum Gasteiger partial charge on any atom is 0.227 e. The number of aryl methyl sites for hydroxylation is 1. The van der Waals surface area contributed by atoms with Crippen LogP contribution in [0.3, 0.4) is 0 Å². The third kappa shape index (κ3) is 5.06. The van der Waals surface area contributed by atoms with Crippen molar-refractivity contribution in [3.05, 3.63) is 35.4 Å². The van der Waals surface area contributed by atoms with Gasteiger partial charge in [0.05, 0.1) is 18.9 Å². The SMILES string of the molecule is COCCNC(=O)[C@@H]1CC[C@H](C)N(C(=O)Cc2ccc(C)cc2)C1. The van der Waals surface area contributed by atoms with E-state index >= 15 is 0 Å². The first kappa shape index (κ1) is 18.5. The van der Waals surface area contributed by atoms with Gasteiger partial charge < -0.3 is 15.0 Å². The quantitative estimate of drug-likeness (QED) is 0.810. The molecule has 1 aromatic rings. The highest BCUT2D eigenvalue weighted by Gasteiger charge is 2.32. The molecule has 1 heterocycles. The minimum Gasteiger partial charge on any atom is -0.383 e. The molecule has 1 aliphatic heterocycles. The van der Waals surface area contributed by atoms with Crippen LogP contribution in [0, 0.1) is 12.8 Å². The molecule has 0 radical (unpaired) electrons. The molecule has 0 bridgehead atoms. The summed E-state index contributed by atoms with van der Waals surface area (Å²) in [6, 6.07) is 8.22. The van der Waals surface area contributed by atoms with E-state index in [0.717, 1.165) is 18.4 Å². The highest BCUT2D eigenvalue weighted by Crippen LogP contribution is 2.23. The maximum absolute atomic E-state index is 12.7. The molecule has 0 saturated carbocycles. The third-order valence-electron chi connectivity index (χ3n) is 4.65. The predicted octanol–water partition coefficient (Wildman–Crippen LogP) is 1.93. The van der Waals surface area contributed by atoms with E-state index < -0.39 is 0 Å². The van der Waals surface area contributed by atoms with Gasteiger partial charge >= 0.3 is 0 Å². The number of carbonyl (C=O) groups is 2. The Balaban J connectivity index is 1.93. The van der Waals surface area contributed by atoms with Crippen molar-refractivity contribution in [3.63, 3.8) is 0 Å². The van der Waals surface area contributed by atoms with E-state index in [0.29, 0.717) is 26.1 Å². The Kier molecular flexibility index (Phi) is 6.79. The van der Waals surface area contributed by atoms with Crippen molar-refractivity contribution in [1.29, 1.82) is 0 Å². The number of methoxy groups -OCH3 is 1. The van der Waals surface area contributed by atoms with Crippen LogP contribution in [0.5, 0.6) is 0 Å². The van der Waals surface area contributed by atoms with Crippen molar-refractivity contribution in [2.24, 2.45) is 5.92 Å². The lowest BCUT2D eigenvalue weighted by Crippen LogP contribution is -2.50. The van der Waals surface area contributed by atoms with Crippen molar-refractivity contribution in [2.75, 3.05) is 26.8 Å². The lowest BCUT2D eigenvalue weighted by molar-refractivity contribution is -0.137. The van der Waals surface area contributed by atoms with Gasteiger partial charge in [0.25, 0.3) is 0 Å². The molecule has 1 aromatic carbocycles. The Morgan fingerprint density at radius 3 is 2.62 bits per heavy atom. The third-order valence-corrected chi connectivity index (χ3v) is 4.65. The number of nitrogens with zero attached hydrogens (tertiary/aromatic N) is 1. The fraction of sp³-hybridized carbons (Fsp3) is 0.579. The van der Waals surface area contributed by atoms with E-state index in [1.807, 2.05) is 36.1 Å². The molecule has 132 valence electrons. The molecule has 0 aromatic heterocycles. The first-order chi connectivity index (χ1) is 11.5. The number of benzene rings is 1. The highest BCUT2D eigenvalue weighted by atomic mass is 16.5. The lowest BCUT2D eigenvalue weighted by atomic mass is 9.92. The monoisotopic (exact) mass is 332 g/mol. The van der Waals surface area contributed by atoms with E-state index in [4.69, 9.17) is 4.74 Å². The van der Waals surface area contributed by atoms with Crippen LogP contribution < -0.4 is 5.32 Å². The summed E-state index contributed by atoms with van der Waals surface area (Å²) in [6.07, 6.45) is 2.08. The second-order valence-corrected chi connectivity index (χ2v) is 6.62. The maximum atomic E-state index is 12.7. The Morgan fingerprint density at radius 2 is 1.96 bits per heavy atom. The van der Waals surface area contributed by atoms with Gasteiger partial charge in [-0.05, 0) is 32.3 Å². The summed E-state index contributed by atoms with van der Waals surface area (Å²) in [4.78, 5) is 26.8. The Morgan fingerprint density at radius 1 is 1.25 bits per heavy atom. The van der Waals surface area contributed by atoms with Crippen LogP contribution in [0.1, 0.15) is 30.9 Å². The van der Waals surface area contributed by atoms with Crippen LogP contribution in [0.2, 0.25) is 0 Å². The average molecular weight is 332 g/mol. The molecule has 1 saturated heterocycles. The molecule has 0 spiro atoms. The predicted molar refractivity (Wildman–Crippen MR) is 93.7 cm³/mol. The van der Waals surface area contributed by atoms with Crippen LogP contribution in [0.4, 0.5) is 0 Å². The average Bonchev–Trinajstić information content (AvgIpc) is 2.57. The van der Waals surface area contributed by atoms with Crippen molar-refractivity contribution >= 4 is 11.8 Å². The zero-order chi connectivity index (χ0) is 17.5. The zero-order valence-electron chi connectivity index (χ0n) is 14.9. The molecular weight excluding hydrogens is 304 g/mol. The van der Waals surface area contributed by atoms with Crippen LogP contribution >= 0.6 is 0 Å². The number of carbonyl (C=O) groups excluding carboxylic acids is 2. The molecule has 2 amide bonds. The highest BCUT2D eigenvalue weighted by molar-refractivity contribution is 5.82. The molecule has 5 nitrogen and oxygen atoms in total. The normalized spacial score (nSPS) is 20.7. The molecule has 1 aliphatic rings. The van der Waals surface area contributed by atoms with Gasteiger partial charge in [-0.1, -0.05) is 29.8 Å². The van der Waals surface area contributed by atoms with Gasteiger partial charge in [0.2, 0.25) is 11.8 Å². The summed E-state index contributed by atoms with van der Waals surface area (Å²) in [5, 5.41) is 2.88. The molecule has 2 rings (SSSR count). The molecule has 1 fully saturated rings.